The minimum Gasteiger partial charge on any atom is -0.480 e. The average Bonchev–Trinajstić information content (AvgIpc) is 2.22. The molecule has 0 aromatic heterocycles. The Morgan fingerprint density at radius 3 is 2.39 bits per heavy atom. The van der Waals surface area contributed by atoms with E-state index in [9.17, 15) is 14.4 Å². The quantitative estimate of drug-likeness (QED) is 0.398. The van der Waals surface area contributed by atoms with Crippen LogP contribution in [0, 0.1) is 0 Å². The van der Waals surface area contributed by atoms with E-state index in [-0.39, 0.29) is 0 Å². The summed E-state index contributed by atoms with van der Waals surface area (Å²) in [5.41, 5.74) is 4.88. The zero-order chi connectivity index (χ0) is 14.1. The fraction of sp³-hybridized carbons (Fsp3) is 0.700. The number of carboxylic acid groups (broad SMARTS) is 1. The van der Waals surface area contributed by atoms with E-state index in [0.29, 0.717) is 6.54 Å². The van der Waals surface area contributed by atoms with Crippen molar-refractivity contribution in [2.24, 2.45) is 5.73 Å². The van der Waals surface area contributed by atoms with Gasteiger partial charge in [0.2, 0.25) is 5.91 Å². The van der Waals surface area contributed by atoms with Gasteiger partial charge in [0, 0.05) is 6.54 Å². The van der Waals surface area contributed by atoms with Gasteiger partial charge < -0.3 is 26.4 Å². The lowest BCUT2D eigenvalue weighted by Crippen LogP contribution is -2.48. The van der Waals surface area contributed by atoms with Crippen molar-refractivity contribution in [3.63, 3.8) is 0 Å². The molecule has 0 saturated carbocycles. The highest BCUT2D eigenvalue weighted by atomic mass is 16.4. The van der Waals surface area contributed by atoms with Crippen LogP contribution in [0.2, 0.25) is 0 Å². The highest BCUT2D eigenvalue weighted by Crippen LogP contribution is 1.91. The Hall–Kier alpha value is -1.83. The van der Waals surface area contributed by atoms with Gasteiger partial charge in [-0.25, -0.2) is 9.59 Å². The predicted octanol–water partition coefficient (Wildman–Crippen LogP) is -1.43. The van der Waals surface area contributed by atoms with E-state index in [0.717, 1.165) is 13.0 Å². The Labute approximate surface area is 106 Å². The molecule has 0 heterocycles. The lowest BCUT2D eigenvalue weighted by atomic mass is 10.2. The molecule has 8 heteroatoms. The Balaban J connectivity index is 3.95. The zero-order valence-electron chi connectivity index (χ0n) is 10.6. The average molecular weight is 260 g/mol. The van der Waals surface area contributed by atoms with Gasteiger partial charge in [-0.15, -0.1) is 0 Å². The molecule has 0 spiro atoms. The van der Waals surface area contributed by atoms with E-state index in [1.165, 1.54) is 0 Å². The molecule has 1 atom stereocenters. The van der Waals surface area contributed by atoms with Crippen LogP contribution in [0.15, 0.2) is 0 Å². The summed E-state index contributed by atoms with van der Waals surface area (Å²) in [7, 11) is 3.82. The minimum atomic E-state index is -1.30. The second kappa shape index (κ2) is 8.29. The molecule has 0 fully saturated rings. The van der Waals surface area contributed by atoms with Gasteiger partial charge in [-0.2, -0.15) is 0 Å². The third-order valence-electron chi connectivity index (χ3n) is 2.08. The maximum atomic E-state index is 11.3. The molecule has 18 heavy (non-hydrogen) atoms. The van der Waals surface area contributed by atoms with E-state index in [1.54, 1.807) is 0 Å². The van der Waals surface area contributed by atoms with Gasteiger partial charge in [-0.1, -0.05) is 0 Å². The number of carbonyl (C=O) groups is 3. The van der Waals surface area contributed by atoms with E-state index >= 15 is 0 Å². The molecule has 0 aromatic carbocycles. The van der Waals surface area contributed by atoms with Crippen molar-refractivity contribution in [3.05, 3.63) is 0 Å². The summed E-state index contributed by atoms with van der Waals surface area (Å²) in [6.07, 6.45) is 0.314. The highest BCUT2D eigenvalue weighted by Gasteiger charge is 2.21. The summed E-state index contributed by atoms with van der Waals surface area (Å²) in [6, 6.07) is -1.92. The molecule has 5 N–H and O–H groups in total. The summed E-state index contributed by atoms with van der Waals surface area (Å²) in [5.74, 6) is -2.08. The van der Waals surface area contributed by atoms with Crippen molar-refractivity contribution in [3.8, 4) is 0 Å². The van der Waals surface area contributed by atoms with Crippen molar-refractivity contribution in [1.82, 2.24) is 15.5 Å². The number of hydrogen-bond donors (Lipinski definition) is 4. The summed E-state index contributed by atoms with van der Waals surface area (Å²) < 4.78 is 0. The molecule has 0 aliphatic heterocycles. The number of urea groups is 1. The third-order valence-corrected chi connectivity index (χ3v) is 2.08. The summed E-state index contributed by atoms with van der Waals surface area (Å²) >= 11 is 0. The molecule has 0 rings (SSSR count). The van der Waals surface area contributed by atoms with Crippen LogP contribution < -0.4 is 16.4 Å². The molecule has 0 bridgehead atoms. The molecule has 0 aliphatic carbocycles. The Morgan fingerprint density at radius 2 is 1.94 bits per heavy atom. The van der Waals surface area contributed by atoms with Crippen molar-refractivity contribution in [2.75, 3.05) is 27.2 Å². The van der Waals surface area contributed by atoms with Gasteiger partial charge in [0.1, 0.15) is 6.04 Å². The smallest absolute Gasteiger partial charge is 0.326 e. The number of nitrogens with one attached hydrogen (secondary N) is 2. The summed E-state index contributed by atoms with van der Waals surface area (Å²) in [4.78, 5) is 34.6. The maximum Gasteiger partial charge on any atom is 0.326 e. The van der Waals surface area contributed by atoms with E-state index in [2.05, 4.69) is 10.6 Å². The van der Waals surface area contributed by atoms with Crippen LogP contribution in [0.3, 0.4) is 0 Å². The Kier molecular flexibility index (Phi) is 7.45. The number of carboxylic acids is 1. The zero-order valence-corrected chi connectivity index (χ0v) is 10.6. The van der Waals surface area contributed by atoms with Crippen LogP contribution in [-0.2, 0) is 9.59 Å². The lowest BCUT2D eigenvalue weighted by Gasteiger charge is -2.14. The minimum absolute atomic E-state index is 0.424. The first-order valence-electron chi connectivity index (χ1n) is 5.53. The number of aliphatic carboxylic acids is 1. The van der Waals surface area contributed by atoms with Crippen LogP contribution in [-0.4, -0.2) is 61.1 Å². The number of amides is 3. The first kappa shape index (κ1) is 16.2. The van der Waals surface area contributed by atoms with Crippen molar-refractivity contribution in [1.29, 1.82) is 0 Å². The van der Waals surface area contributed by atoms with Crippen molar-refractivity contribution < 1.29 is 19.5 Å². The van der Waals surface area contributed by atoms with Crippen LogP contribution in [0.4, 0.5) is 4.79 Å². The van der Waals surface area contributed by atoms with Gasteiger partial charge in [0.05, 0.1) is 6.42 Å². The standard InChI is InChI=1S/C10H20N4O4/c1-14(2)5-3-4-12-10(18)13-7(9(16)17)6-8(11)15/h7H,3-6H2,1-2H3,(H2,11,15)(H,16,17)(H2,12,13,18). The topological polar surface area (TPSA) is 125 Å². The van der Waals surface area contributed by atoms with E-state index in [1.807, 2.05) is 19.0 Å². The molecule has 1 unspecified atom stereocenters. The number of rotatable bonds is 8. The number of nitrogens with zero attached hydrogens (tertiary/aromatic N) is 1. The van der Waals surface area contributed by atoms with Gasteiger partial charge in [-0.3, -0.25) is 4.79 Å². The molecule has 8 nitrogen and oxygen atoms in total. The number of primary amides is 1. The Bertz CT molecular complexity index is 306. The van der Waals surface area contributed by atoms with Crippen LogP contribution in [0.5, 0.6) is 0 Å². The summed E-state index contributed by atoms with van der Waals surface area (Å²) in [6.45, 7) is 1.23. The van der Waals surface area contributed by atoms with Crippen molar-refractivity contribution >= 4 is 17.9 Å². The summed E-state index contributed by atoms with van der Waals surface area (Å²) in [5, 5.41) is 13.4. The largest absolute Gasteiger partial charge is 0.480 e. The van der Waals surface area contributed by atoms with Gasteiger partial charge in [0.15, 0.2) is 0 Å². The molecule has 3 amide bonds. The third kappa shape index (κ3) is 8.34. The van der Waals surface area contributed by atoms with Crippen molar-refractivity contribution in [2.45, 2.75) is 18.9 Å². The molecule has 0 aromatic rings. The molecule has 0 radical (unpaired) electrons. The van der Waals surface area contributed by atoms with Crippen LogP contribution in [0.1, 0.15) is 12.8 Å². The highest BCUT2D eigenvalue weighted by molar-refractivity contribution is 5.87. The fourth-order valence-electron chi connectivity index (χ4n) is 1.21. The number of nitrogens with two attached hydrogens (primary N) is 1. The van der Waals surface area contributed by atoms with E-state index < -0.39 is 30.4 Å². The van der Waals surface area contributed by atoms with Gasteiger partial charge in [-0.05, 0) is 27.1 Å². The second-order valence-electron chi connectivity index (χ2n) is 4.12. The fourth-order valence-corrected chi connectivity index (χ4v) is 1.21. The van der Waals surface area contributed by atoms with Crippen LogP contribution in [0.25, 0.3) is 0 Å². The molecule has 104 valence electrons. The lowest BCUT2D eigenvalue weighted by molar-refractivity contribution is -0.140. The van der Waals surface area contributed by atoms with E-state index in [4.69, 9.17) is 10.8 Å². The second-order valence-corrected chi connectivity index (χ2v) is 4.12. The SMILES string of the molecule is CN(C)CCCNC(=O)NC(CC(N)=O)C(=O)O. The van der Waals surface area contributed by atoms with Crippen LogP contribution >= 0.6 is 0 Å². The van der Waals surface area contributed by atoms with Gasteiger partial charge >= 0.3 is 12.0 Å². The monoisotopic (exact) mass is 260 g/mol. The Morgan fingerprint density at radius 1 is 1.33 bits per heavy atom. The normalized spacial score (nSPS) is 11.9. The first-order valence-corrected chi connectivity index (χ1v) is 5.53. The molecular weight excluding hydrogens is 240 g/mol. The molecular formula is C10H20N4O4. The predicted molar refractivity (Wildman–Crippen MR) is 64.9 cm³/mol. The number of carbonyl (C=O) groups excluding carboxylic acids is 2. The molecule has 0 saturated heterocycles. The maximum absolute atomic E-state index is 11.3. The number of hydrogen-bond acceptors (Lipinski definition) is 4. The van der Waals surface area contributed by atoms with Gasteiger partial charge in [0.25, 0.3) is 0 Å². The molecule has 0 aliphatic rings. The first-order chi connectivity index (χ1) is 8.32.